The van der Waals surface area contributed by atoms with Crippen LogP contribution in [0.3, 0.4) is 0 Å². The fourth-order valence-electron chi connectivity index (χ4n) is 2.08. The minimum Gasteiger partial charge on any atom is -0.385 e. The molecule has 5 heteroatoms. The number of unbranched alkanes of at least 4 members (excludes halogenated alkanes) is 1. The van der Waals surface area contributed by atoms with Crippen molar-refractivity contribution in [3.63, 3.8) is 0 Å². The summed E-state index contributed by atoms with van der Waals surface area (Å²) in [4.78, 5) is 24.7. The Hall–Kier alpha value is -1.49. The van der Waals surface area contributed by atoms with Crippen molar-refractivity contribution < 1.29 is 9.59 Å². The van der Waals surface area contributed by atoms with E-state index in [9.17, 15) is 9.59 Å². The number of thioether (sulfide) groups is 1. The van der Waals surface area contributed by atoms with Crippen molar-refractivity contribution in [3.8, 4) is 0 Å². The summed E-state index contributed by atoms with van der Waals surface area (Å²) in [5.41, 5.74) is 1.90. The molecule has 0 spiro atoms. The summed E-state index contributed by atoms with van der Waals surface area (Å²) in [6.07, 6.45) is 4.39. The van der Waals surface area contributed by atoms with Gasteiger partial charge in [0.15, 0.2) is 0 Å². The predicted octanol–water partition coefficient (Wildman–Crippen LogP) is 2.47. The predicted molar refractivity (Wildman–Crippen MR) is 79.0 cm³/mol. The van der Waals surface area contributed by atoms with Crippen LogP contribution in [0, 0.1) is 0 Å². The second kappa shape index (κ2) is 6.10. The summed E-state index contributed by atoms with van der Waals surface area (Å²) in [5.74, 6) is 0.737. The van der Waals surface area contributed by atoms with Gasteiger partial charge in [-0.3, -0.25) is 14.5 Å². The van der Waals surface area contributed by atoms with Gasteiger partial charge in [-0.05, 0) is 43.0 Å². The molecule has 0 unspecified atom stereocenters. The van der Waals surface area contributed by atoms with Gasteiger partial charge in [-0.25, -0.2) is 0 Å². The van der Waals surface area contributed by atoms with Gasteiger partial charge in [-0.1, -0.05) is 0 Å². The number of nitrogens with zero attached hydrogens (tertiary/aromatic N) is 1. The Balaban J connectivity index is 1.99. The SMILES string of the molecule is CSCCCCNc1ccc2c(c1)C(=O)N(C)C2=O. The van der Waals surface area contributed by atoms with Crippen molar-refractivity contribution in [2.45, 2.75) is 12.8 Å². The van der Waals surface area contributed by atoms with Gasteiger partial charge in [0, 0.05) is 19.3 Å². The lowest BCUT2D eigenvalue weighted by Gasteiger charge is -2.06. The zero-order valence-corrected chi connectivity index (χ0v) is 12.0. The maximum atomic E-state index is 11.8. The van der Waals surface area contributed by atoms with E-state index in [2.05, 4.69) is 11.6 Å². The number of fused-ring (bicyclic) bond motifs is 1. The molecule has 0 bridgehead atoms. The molecule has 0 atom stereocenters. The minimum atomic E-state index is -0.217. The quantitative estimate of drug-likeness (QED) is 0.641. The molecular weight excluding hydrogens is 260 g/mol. The van der Waals surface area contributed by atoms with E-state index in [0.29, 0.717) is 11.1 Å². The summed E-state index contributed by atoms with van der Waals surface area (Å²) in [6, 6.07) is 5.36. The summed E-state index contributed by atoms with van der Waals surface area (Å²) < 4.78 is 0. The van der Waals surface area contributed by atoms with Crippen LogP contribution in [0.5, 0.6) is 0 Å². The molecule has 102 valence electrons. The molecule has 0 saturated carbocycles. The molecule has 4 nitrogen and oxygen atoms in total. The Kier molecular flexibility index (Phi) is 4.47. The summed E-state index contributed by atoms with van der Waals surface area (Å²) >= 11 is 1.85. The molecule has 0 aliphatic carbocycles. The van der Waals surface area contributed by atoms with E-state index in [4.69, 9.17) is 0 Å². The highest BCUT2D eigenvalue weighted by molar-refractivity contribution is 7.98. The smallest absolute Gasteiger partial charge is 0.261 e. The van der Waals surface area contributed by atoms with Gasteiger partial charge in [0.2, 0.25) is 0 Å². The van der Waals surface area contributed by atoms with E-state index in [-0.39, 0.29) is 11.8 Å². The van der Waals surface area contributed by atoms with Crippen molar-refractivity contribution in [1.29, 1.82) is 0 Å². The molecule has 2 amide bonds. The lowest BCUT2D eigenvalue weighted by molar-refractivity contribution is 0.0693. The molecule has 0 aromatic heterocycles. The Morgan fingerprint density at radius 3 is 2.63 bits per heavy atom. The molecular formula is C14H18N2O2S. The summed E-state index contributed by atoms with van der Waals surface area (Å²) in [5, 5.41) is 3.29. The molecule has 1 heterocycles. The lowest BCUT2D eigenvalue weighted by atomic mass is 10.1. The Bertz CT molecular complexity index is 502. The van der Waals surface area contributed by atoms with Gasteiger partial charge >= 0.3 is 0 Å². The molecule has 19 heavy (non-hydrogen) atoms. The van der Waals surface area contributed by atoms with Crippen LogP contribution >= 0.6 is 11.8 Å². The number of benzene rings is 1. The number of anilines is 1. The van der Waals surface area contributed by atoms with Crippen molar-refractivity contribution in [2.75, 3.05) is 30.9 Å². The molecule has 1 aliphatic heterocycles. The maximum Gasteiger partial charge on any atom is 0.261 e. The third-order valence-electron chi connectivity index (χ3n) is 3.19. The molecule has 0 radical (unpaired) electrons. The number of hydrogen-bond donors (Lipinski definition) is 1. The number of nitrogens with one attached hydrogen (secondary N) is 1. The third kappa shape index (κ3) is 2.92. The second-order valence-corrected chi connectivity index (χ2v) is 5.54. The summed E-state index contributed by atoms with van der Waals surface area (Å²) in [6.45, 7) is 0.886. The normalized spacial score (nSPS) is 13.9. The van der Waals surface area contributed by atoms with Crippen molar-refractivity contribution in [1.82, 2.24) is 4.90 Å². The van der Waals surface area contributed by atoms with Crippen LogP contribution in [0.2, 0.25) is 0 Å². The number of amides is 2. The molecule has 1 aliphatic rings. The first-order chi connectivity index (χ1) is 9.15. The van der Waals surface area contributed by atoms with Crippen LogP contribution in [-0.2, 0) is 0 Å². The van der Waals surface area contributed by atoms with Crippen molar-refractivity contribution >= 4 is 29.3 Å². The fourth-order valence-corrected chi connectivity index (χ4v) is 2.57. The van der Waals surface area contributed by atoms with Crippen LogP contribution in [0.4, 0.5) is 5.69 Å². The van der Waals surface area contributed by atoms with Crippen molar-refractivity contribution in [3.05, 3.63) is 29.3 Å². The molecule has 1 aromatic rings. The maximum absolute atomic E-state index is 11.8. The third-order valence-corrected chi connectivity index (χ3v) is 3.89. The monoisotopic (exact) mass is 278 g/mol. The van der Waals surface area contributed by atoms with E-state index >= 15 is 0 Å². The van der Waals surface area contributed by atoms with Crippen LogP contribution in [-0.4, -0.2) is 42.3 Å². The van der Waals surface area contributed by atoms with Crippen LogP contribution in [0.15, 0.2) is 18.2 Å². The second-order valence-electron chi connectivity index (χ2n) is 4.56. The lowest BCUT2D eigenvalue weighted by Crippen LogP contribution is -2.24. The van der Waals surface area contributed by atoms with Gasteiger partial charge in [-0.2, -0.15) is 11.8 Å². The van der Waals surface area contributed by atoms with Crippen molar-refractivity contribution in [2.24, 2.45) is 0 Å². The standard InChI is InChI=1S/C14H18N2O2S/c1-16-13(17)11-6-5-10(9-12(11)14(16)18)15-7-3-4-8-19-2/h5-6,9,15H,3-4,7-8H2,1-2H3. The Morgan fingerprint density at radius 2 is 1.89 bits per heavy atom. The topological polar surface area (TPSA) is 49.4 Å². The molecule has 0 fully saturated rings. The zero-order chi connectivity index (χ0) is 13.8. The minimum absolute atomic E-state index is 0.216. The first-order valence-electron chi connectivity index (χ1n) is 6.34. The van der Waals surface area contributed by atoms with Gasteiger partial charge in [0.1, 0.15) is 0 Å². The first-order valence-corrected chi connectivity index (χ1v) is 7.74. The van der Waals surface area contributed by atoms with Crippen LogP contribution in [0.1, 0.15) is 33.6 Å². The molecule has 1 aromatic carbocycles. The summed E-state index contributed by atoms with van der Waals surface area (Å²) in [7, 11) is 1.51. The average Bonchev–Trinajstić information content (AvgIpc) is 2.64. The fraction of sp³-hybridized carbons (Fsp3) is 0.429. The average molecular weight is 278 g/mol. The number of carbonyl (C=O) groups is 2. The number of imide groups is 1. The van der Waals surface area contributed by atoms with Gasteiger partial charge in [0.05, 0.1) is 11.1 Å². The highest BCUT2D eigenvalue weighted by Gasteiger charge is 2.32. The van der Waals surface area contributed by atoms with Gasteiger partial charge < -0.3 is 5.32 Å². The molecule has 1 N–H and O–H groups in total. The largest absolute Gasteiger partial charge is 0.385 e. The number of rotatable bonds is 6. The Morgan fingerprint density at radius 1 is 1.16 bits per heavy atom. The van der Waals surface area contributed by atoms with Crippen LogP contribution < -0.4 is 5.32 Å². The van der Waals surface area contributed by atoms with E-state index in [0.717, 1.165) is 23.6 Å². The van der Waals surface area contributed by atoms with E-state index < -0.39 is 0 Å². The molecule has 0 saturated heterocycles. The number of carbonyl (C=O) groups excluding carboxylic acids is 2. The van der Waals surface area contributed by atoms with Gasteiger partial charge in [-0.15, -0.1) is 0 Å². The first kappa shape index (κ1) is 13.9. The van der Waals surface area contributed by atoms with E-state index in [1.165, 1.54) is 19.2 Å². The van der Waals surface area contributed by atoms with E-state index in [1.807, 2.05) is 17.8 Å². The number of hydrogen-bond acceptors (Lipinski definition) is 4. The Labute approximate surface area is 117 Å². The van der Waals surface area contributed by atoms with Crippen LogP contribution in [0.25, 0.3) is 0 Å². The highest BCUT2D eigenvalue weighted by atomic mass is 32.2. The zero-order valence-electron chi connectivity index (χ0n) is 11.2. The molecule has 2 rings (SSSR count). The van der Waals surface area contributed by atoms with E-state index in [1.54, 1.807) is 12.1 Å². The highest BCUT2D eigenvalue weighted by Crippen LogP contribution is 2.24. The van der Waals surface area contributed by atoms with Gasteiger partial charge in [0.25, 0.3) is 11.8 Å².